The van der Waals surface area contributed by atoms with Gasteiger partial charge in [-0.25, -0.2) is 0 Å². The number of para-hydroxylation sites is 2. The van der Waals surface area contributed by atoms with E-state index in [1.54, 1.807) is 0 Å². The summed E-state index contributed by atoms with van der Waals surface area (Å²) in [4.78, 5) is 4.62. The Bertz CT molecular complexity index is 2140. The summed E-state index contributed by atoms with van der Waals surface area (Å²) >= 11 is 0. The molecule has 2 nitrogen and oxygen atoms in total. The molecule has 2 heterocycles. The highest BCUT2D eigenvalue weighted by atomic mass is 15.0. The van der Waals surface area contributed by atoms with Crippen molar-refractivity contribution in [2.75, 3.05) is 0 Å². The zero-order valence-corrected chi connectivity index (χ0v) is 20.1. The first-order valence-corrected chi connectivity index (χ1v) is 12.6. The number of benzene rings is 6. The Kier molecular flexibility index (Phi) is 4.26. The number of pyridine rings is 1. The normalized spacial score (nSPS) is 11.8. The van der Waals surface area contributed by atoms with Crippen molar-refractivity contribution >= 4 is 54.3 Å². The van der Waals surface area contributed by atoms with Crippen molar-refractivity contribution in [2.45, 2.75) is 0 Å². The van der Waals surface area contributed by atoms with Crippen LogP contribution in [0.1, 0.15) is 0 Å². The van der Waals surface area contributed by atoms with Gasteiger partial charge in [0, 0.05) is 28.0 Å². The van der Waals surface area contributed by atoms with Gasteiger partial charge < -0.3 is 4.57 Å². The molecule has 172 valence electrons. The first kappa shape index (κ1) is 20.3. The predicted molar refractivity (Wildman–Crippen MR) is 157 cm³/mol. The molecule has 0 saturated heterocycles. The van der Waals surface area contributed by atoms with Gasteiger partial charge in [-0.05, 0) is 81.2 Å². The molecule has 0 saturated carbocycles. The Morgan fingerprint density at radius 1 is 0.432 bits per heavy atom. The van der Waals surface area contributed by atoms with Crippen molar-refractivity contribution in [1.82, 2.24) is 9.55 Å². The summed E-state index contributed by atoms with van der Waals surface area (Å²) < 4.78 is 2.37. The van der Waals surface area contributed by atoms with Gasteiger partial charge in [-0.2, -0.15) is 0 Å². The van der Waals surface area contributed by atoms with Crippen LogP contribution in [0.4, 0.5) is 0 Å². The molecule has 2 heteroatoms. The Balaban J connectivity index is 1.47. The van der Waals surface area contributed by atoms with Gasteiger partial charge >= 0.3 is 0 Å². The van der Waals surface area contributed by atoms with Crippen molar-refractivity contribution in [3.8, 4) is 16.8 Å². The molecule has 0 aliphatic heterocycles. The molecule has 0 aliphatic carbocycles. The Labute approximate surface area is 214 Å². The summed E-state index contributed by atoms with van der Waals surface area (Å²) in [7, 11) is 0. The SMILES string of the molecule is c1ccc(-n2c3ccccc3c3cc(-c4cc5c6cccnc6ccc5c5ccccc45)ccc32)cc1. The lowest BCUT2D eigenvalue weighted by Crippen LogP contribution is -1.93. The number of hydrogen-bond acceptors (Lipinski definition) is 1. The van der Waals surface area contributed by atoms with E-state index in [4.69, 9.17) is 0 Å². The number of hydrogen-bond donors (Lipinski definition) is 0. The first-order chi connectivity index (χ1) is 18.4. The maximum Gasteiger partial charge on any atom is 0.0708 e. The molecule has 0 radical (unpaired) electrons. The zero-order valence-electron chi connectivity index (χ0n) is 20.1. The average molecular weight is 471 g/mol. The predicted octanol–water partition coefficient (Wildman–Crippen LogP) is 9.31. The molecule has 0 aliphatic rings. The van der Waals surface area contributed by atoms with Crippen molar-refractivity contribution in [3.63, 3.8) is 0 Å². The lowest BCUT2D eigenvalue weighted by molar-refractivity contribution is 1.18. The zero-order chi connectivity index (χ0) is 24.3. The molecular formula is C35H22N2. The fraction of sp³-hybridized carbons (Fsp3) is 0. The average Bonchev–Trinajstić information content (AvgIpc) is 3.30. The van der Waals surface area contributed by atoms with Crippen LogP contribution in [-0.2, 0) is 0 Å². The van der Waals surface area contributed by atoms with Gasteiger partial charge in [-0.15, -0.1) is 0 Å². The summed E-state index contributed by atoms with van der Waals surface area (Å²) in [6, 6.07) is 45.9. The van der Waals surface area contributed by atoms with Gasteiger partial charge in [0.05, 0.1) is 16.6 Å². The molecule has 8 rings (SSSR count). The molecule has 0 spiro atoms. The van der Waals surface area contributed by atoms with Gasteiger partial charge in [0.15, 0.2) is 0 Å². The van der Waals surface area contributed by atoms with Crippen LogP contribution in [0.2, 0.25) is 0 Å². The summed E-state index contributed by atoms with van der Waals surface area (Å²) in [5.41, 5.74) is 7.12. The minimum atomic E-state index is 1.03. The smallest absolute Gasteiger partial charge is 0.0708 e. The van der Waals surface area contributed by atoms with Crippen LogP contribution in [-0.4, -0.2) is 9.55 Å². The Morgan fingerprint density at radius 2 is 1.14 bits per heavy atom. The fourth-order valence-corrected chi connectivity index (χ4v) is 5.98. The van der Waals surface area contributed by atoms with E-state index >= 15 is 0 Å². The molecule has 2 aromatic heterocycles. The van der Waals surface area contributed by atoms with Gasteiger partial charge in [-0.1, -0.05) is 78.9 Å². The second-order valence-corrected chi connectivity index (χ2v) is 9.62. The summed E-state index contributed by atoms with van der Waals surface area (Å²) in [5, 5.41) is 8.77. The lowest BCUT2D eigenvalue weighted by atomic mass is 9.91. The Hall–Kier alpha value is -4.95. The van der Waals surface area contributed by atoms with Crippen molar-refractivity contribution in [3.05, 3.63) is 134 Å². The molecular weight excluding hydrogens is 448 g/mol. The largest absolute Gasteiger partial charge is 0.309 e. The van der Waals surface area contributed by atoms with E-state index in [0.717, 1.165) is 5.52 Å². The monoisotopic (exact) mass is 470 g/mol. The third kappa shape index (κ3) is 2.96. The summed E-state index contributed by atoms with van der Waals surface area (Å²) in [5.74, 6) is 0. The molecule has 6 aromatic carbocycles. The van der Waals surface area contributed by atoms with Crippen LogP contribution < -0.4 is 0 Å². The van der Waals surface area contributed by atoms with E-state index < -0.39 is 0 Å². The summed E-state index contributed by atoms with van der Waals surface area (Å²) in [6.45, 7) is 0. The maximum absolute atomic E-state index is 4.62. The van der Waals surface area contributed by atoms with Crippen molar-refractivity contribution in [1.29, 1.82) is 0 Å². The highest BCUT2D eigenvalue weighted by molar-refractivity contribution is 6.21. The van der Waals surface area contributed by atoms with Crippen molar-refractivity contribution in [2.24, 2.45) is 0 Å². The Morgan fingerprint density at radius 3 is 2.03 bits per heavy atom. The van der Waals surface area contributed by atoms with Crippen LogP contribution in [0.3, 0.4) is 0 Å². The lowest BCUT2D eigenvalue weighted by Gasteiger charge is -2.13. The number of nitrogens with zero attached hydrogens (tertiary/aromatic N) is 2. The standard InChI is InChI=1S/C35H22N2/c1-2-9-24(10-3-1)37-34-15-7-6-13-29(34)32-21-23(16-19-35(32)37)30-22-31-27(25-11-4-5-12-26(25)30)17-18-33-28(31)14-8-20-36-33/h1-22H. The van der Waals surface area contributed by atoms with Gasteiger partial charge in [0.25, 0.3) is 0 Å². The topological polar surface area (TPSA) is 17.8 Å². The van der Waals surface area contributed by atoms with Gasteiger partial charge in [-0.3, -0.25) is 4.98 Å². The molecule has 0 bridgehead atoms. The molecule has 0 atom stereocenters. The van der Waals surface area contributed by atoms with Crippen LogP contribution >= 0.6 is 0 Å². The van der Waals surface area contributed by atoms with Crippen LogP contribution in [0.25, 0.3) is 71.1 Å². The number of aromatic nitrogens is 2. The van der Waals surface area contributed by atoms with Crippen LogP contribution in [0.15, 0.2) is 134 Å². The van der Waals surface area contributed by atoms with Gasteiger partial charge in [0.1, 0.15) is 0 Å². The maximum atomic E-state index is 4.62. The van der Waals surface area contributed by atoms with Gasteiger partial charge in [0.2, 0.25) is 0 Å². The van der Waals surface area contributed by atoms with Crippen molar-refractivity contribution < 1.29 is 0 Å². The number of rotatable bonds is 2. The van der Waals surface area contributed by atoms with E-state index in [0.29, 0.717) is 0 Å². The van der Waals surface area contributed by atoms with E-state index in [9.17, 15) is 0 Å². The van der Waals surface area contributed by atoms with E-state index in [2.05, 4.69) is 131 Å². The molecule has 0 amide bonds. The first-order valence-electron chi connectivity index (χ1n) is 12.6. The fourth-order valence-electron chi connectivity index (χ4n) is 5.98. The minimum absolute atomic E-state index is 1.03. The van der Waals surface area contributed by atoms with E-state index in [1.807, 2.05) is 12.3 Å². The van der Waals surface area contributed by atoms with E-state index in [-0.39, 0.29) is 0 Å². The molecule has 0 fully saturated rings. The molecule has 0 unspecified atom stereocenters. The molecule has 37 heavy (non-hydrogen) atoms. The van der Waals surface area contributed by atoms with E-state index in [1.165, 1.54) is 65.6 Å². The second kappa shape index (κ2) is 7.78. The third-order valence-corrected chi connectivity index (χ3v) is 7.62. The molecule has 8 aromatic rings. The number of fused-ring (bicyclic) bond motifs is 8. The summed E-state index contributed by atoms with van der Waals surface area (Å²) in [6.07, 6.45) is 1.87. The second-order valence-electron chi connectivity index (χ2n) is 9.62. The minimum Gasteiger partial charge on any atom is -0.309 e. The highest BCUT2D eigenvalue weighted by Gasteiger charge is 2.15. The molecule has 0 N–H and O–H groups in total. The highest BCUT2D eigenvalue weighted by Crippen LogP contribution is 2.40. The quantitative estimate of drug-likeness (QED) is 0.230. The van der Waals surface area contributed by atoms with Crippen LogP contribution in [0.5, 0.6) is 0 Å². The van der Waals surface area contributed by atoms with Crippen LogP contribution in [0, 0.1) is 0 Å². The third-order valence-electron chi connectivity index (χ3n) is 7.62.